The van der Waals surface area contributed by atoms with E-state index in [9.17, 15) is 0 Å². The van der Waals surface area contributed by atoms with Gasteiger partial charge in [0.1, 0.15) is 5.82 Å². The van der Waals surface area contributed by atoms with Crippen molar-refractivity contribution in [1.29, 1.82) is 0 Å². The highest BCUT2D eigenvalue weighted by molar-refractivity contribution is 5.35. The van der Waals surface area contributed by atoms with Crippen molar-refractivity contribution in [2.45, 2.75) is 32.2 Å². The number of hydrogen-bond acceptors (Lipinski definition) is 2. The summed E-state index contributed by atoms with van der Waals surface area (Å²) in [5.41, 5.74) is 0. The van der Waals surface area contributed by atoms with E-state index in [0.717, 1.165) is 11.7 Å². The molecule has 3 heteroatoms. The van der Waals surface area contributed by atoms with Crippen LogP contribution in [0.3, 0.4) is 0 Å². The summed E-state index contributed by atoms with van der Waals surface area (Å²) < 4.78 is 1.89. The standard InChI is InChI=1S/C10H17N3/c1-8-4-3-5-9(8)12-10-6-7-11-13(10)2/h6-9,12H,3-5H2,1-2H3. The molecule has 0 amide bonds. The van der Waals surface area contributed by atoms with Gasteiger partial charge < -0.3 is 5.32 Å². The zero-order valence-electron chi connectivity index (χ0n) is 8.33. The van der Waals surface area contributed by atoms with Crippen molar-refractivity contribution in [3.05, 3.63) is 12.3 Å². The molecule has 72 valence electrons. The molecular weight excluding hydrogens is 162 g/mol. The van der Waals surface area contributed by atoms with E-state index >= 15 is 0 Å². The van der Waals surface area contributed by atoms with Gasteiger partial charge in [-0.25, -0.2) is 0 Å². The minimum absolute atomic E-state index is 0.649. The Hall–Kier alpha value is -0.990. The molecule has 0 spiro atoms. The average Bonchev–Trinajstić information content (AvgIpc) is 2.65. The maximum Gasteiger partial charge on any atom is 0.124 e. The quantitative estimate of drug-likeness (QED) is 0.752. The smallest absolute Gasteiger partial charge is 0.124 e. The Bertz CT molecular complexity index is 279. The van der Waals surface area contributed by atoms with Crippen molar-refractivity contribution in [3.8, 4) is 0 Å². The topological polar surface area (TPSA) is 29.9 Å². The zero-order chi connectivity index (χ0) is 9.26. The van der Waals surface area contributed by atoms with E-state index in [2.05, 4.69) is 17.3 Å². The lowest BCUT2D eigenvalue weighted by Crippen LogP contribution is -2.23. The molecule has 0 bridgehead atoms. The molecule has 1 aliphatic carbocycles. The third-order valence-corrected chi connectivity index (χ3v) is 3.02. The first-order chi connectivity index (χ1) is 6.27. The largest absolute Gasteiger partial charge is 0.367 e. The van der Waals surface area contributed by atoms with Gasteiger partial charge in [0.15, 0.2) is 0 Å². The van der Waals surface area contributed by atoms with E-state index in [1.807, 2.05) is 24.0 Å². The van der Waals surface area contributed by atoms with Crippen LogP contribution in [0.15, 0.2) is 12.3 Å². The number of hydrogen-bond donors (Lipinski definition) is 1. The van der Waals surface area contributed by atoms with E-state index in [-0.39, 0.29) is 0 Å². The predicted octanol–water partition coefficient (Wildman–Crippen LogP) is 2.02. The summed E-state index contributed by atoms with van der Waals surface area (Å²) in [5.74, 6) is 1.94. The van der Waals surface area contributed by atoms with Gasteiger partial charge in [-0.1, -0.05) is 13.3 Å². The molecule has 0 aliphatic heterocycles. The van der Waals surface area contributed by atoms with Crippen LogP contribution in [0.1, 0.15) is 26.2 Å². The van der Waals surface area contributed by atoms with Crippen LogP contribution in [0.25, 0.3) is 0 Å². The molecular formula is C10H17N3. The van der Waals surface area contributed by atoms with Crippen LogP contribution in [0.2, 0.25) is 0 Å². The van der Waals surface area contributed by atoms with Gasteiger partial charge in [-0.3, -0.25) is 4.68 Å². The average molecular weight is 179 g/mol. The minimum Gasteiger partial charge on any atom is -0.367 e. The summed E-state index contributed by atoms with van der Waals surface area (Å²) in [5, 5.41) is 7.68. The fourth-order valence-corrected chi connectivity index (χ4v) is 2.07. The monoisotopic (exact) mass is 179 g/mol. The molecule has 1 aliphatic rings. The number of nitrogens with one attached hydrogen (secondary N) is 1. The summed E-state index contributed by atoms with van der Waals surface area (Å²) in [4.78, 5) is 0. The highest BCUT2D eigenvalue weighted by Gasteiger charge is 2.23. The normalized spacial score (nSPS) is 27.8. The summed E-state index contributed by atoms with van der Waals surface area (Å²) >= 11 is 0. The molecule has 1 heterocycles. The molecule has 1 saturated carbocycles. The second-order valence-electron chi connectivity index (χ2n) is 4.00. The molecule has 13 heavy (non-hydrogen) atoms. The molecule has 1 aromatic heterocycles. The Labute approximate surface area is 79.1 Å². The second-order valence-corrected chi connectivity index (χ2v) is 4.00. The molecule has 0 radical (unpaired) electrons. The summed E-state index contributed by atoms with van der Waals surface area (Å²) in [7, 11) is 1.97. The van der Waals surface area contributed by atoms with Crippen molar-refractivity contribution in [3.63, 3.8) is 0 Å². The molecule has 2 atom stereocenters. The number of nitrogens with zero attached hydrogens (tertiary/aromatic N) is 2. The lowest BCUT2D eigenvalue weighted by Gasteiger charge is -2.18. The van der Waals surface area contributed by atoms with Crippen LogP contribution in [-0.2, 0) is 7.05 Å². The van der Waals surface area contributed by atoms with Gasteiger partial charge in [0.25, 0.3) is 0 Å². The van der Waals surface area contributed by atoms with E-state index in [4.69, 9.17) is 0 Å². The Morgan fingerprint density at radius 1 is 1.54 bits per heavy atom. The summed E-state index contributed by atoms with van der Waals surface area (Å²) in [6.45, 7) is 2.32. The first kappa shape index (κ1) is 8.60. The van der Waals surface area contributed by atoms with Crippen molar-refractivity contribution >= 4 is 5.82 Å². The Kier molecular flexibility index (Phi) is 2.25. The van der Waals surface area contributed by atoms with Gasteiger partial charge in [-0.15, -0.1) is 0 Å². The van der Waals surface area contributed by atoms with Gasteiger partial charge in [0, 0.05) is 19.2 Å². The maximum atomic E-state index is 4.14. The Morgan fingerprint density at radius 2 is 2.38 bits per heavy atom. The molecule has 1 fully saturated rings. The number of aryl methyl sites for hydroxylation is 1. The highest BCUT2D eigenvalue weighted by Crippen LogP contribution is 2.27. The number of aromatic nitrogens is 2. The molecule has 3 nitrogen and oxygen atoms in total. The zero-order valence-corrected chi connectivity index (χ0v) is 8.33. The molecule has 2 unspecified atom stereocenters. The lowest BCUT2D eigenvalue weighted by molar-refractivity contribution is 0.551. The Morgan fingerprint density at radius 3 is 2.92 bits per heavy atom. The van der Waals surface area contributed by atoms with Gasteiger partial charge in [-0.2, -0.15) is 5.10 Å². The van der Waals surface area contributed by atoms with Crippen molar-refractivity contribution in [2.75, 3.05) is 5.32 Å². The number of anilines is 1. The fourth-order valence-electron chi connectivity index (χ4n) is 2.07. The minimum atomic E-state index is 0.649. The molecule has 1 aromatic rings. The highest BCUT2D eigenvalue weighted by atomic mass is 15.3. The second kappa shape index (κ2) is 3.40. The van der Waals surface area contributed by atoms with Gasteiger partial charge in [-0.05, 0) is 18.8 Å². The van der Waals surface area contributed by atoms with Crippen LogP contribution < -0.4 is 5.32 Å². The molecule has 0 saturated heterocycles. The van der Waals surface area contributed by atoms with Crippen LogP contribution in [0.5, 0.6) is 0 Å². The molecule has 2 rings (SSSR count). The van der Waals surface area contributed by atoms with E-state index < -0.39 is 0 Å². The van der Waals surface area contributed by atoms with Crippen LogP contribution in [-0.4, -0.2) is 15.8 Å². The van der Waals surface area contributed by atoms with Gasteiger partial charge >= 0.3 is 0 Å². The third-order valence-electron chi connectivity index (χ3n) is 3.02. The summed E-state index contributed by atoms with van der Waals surface area (Å²) in [6.07, 6.45) is 5.85. The van der Waals surface area contributed by atoms with E-state index in [1.165, 1.54) is 19.3 Å². The SMILES string of the molecule is CC1CCCC1Nc1ccnn1C. The predicted molar refractivity (Wildman–Crippen MR) is 53.6 cm³/mol. The first-order valence-electron chi connectivity index (χ1n) is 5.02. The van der Waals surface area contributed by atoms with Crippen molar-refractivity contribution < 1.29 is 0 Å². The fraction of sp³-hybridized carbons (Fsp3) is 0.700. The molecule has 0 aromatic carbocycles. The van der Waals surface area contributed by atoms with Crippen LogP contribution >= 0.6 is 0 Å². The van der Waals surface area contributed by atoms with Crippen molar-refractivity contribution in [1.82, 2.24) is 9.78 Å². The van der Waals surface area contributed by atoms with Gasteiger partial charge in [0.05, 0.1) is 6.20 Å². The van der Waals surface area contributed by atoms with Crippen LogP contribution in [0, 0.1) is 5.92 Å². The third kappa shape index (κ3) is 1.69. The summed E-state index contributed by atoms with van der Waals surface area (Å²) in [6, 6.07) is 2.68. The first-order valence-corrected chi connectivity index (χ1v) is 5.02. The maximum absolute atomic E-state index is 4.14. The Balaban J connectivity index is 2.01. The lowest BCUT2D eigenvalue weighted by atomic mass is 10.1. The van der Waals surface area contributed by atoms with E-state index in [1.54, 1.807) is 0 Å². The molecule has 1 N–H and O–H groups in total. The van der Waals surface area contributed by atoms with Crippen molar-refractivity contribution in [2.24, 2.45) is 13.0 Å². The van der Waals surface area contributed by atoms with Crippen LogP contribution in [0.4, 0.5) is 5.82 Å². The number of rotatable bonds is 2. The van der Waals surface area contributed by atoms with Gasteiger partial charge in [0.2, 0.25) is 0 Å². The van der Waals surface area contributed by atoms with E-state index in [0.29, 0.717) is 6.04 Å².